The molecule has 16 heteroatoms. The van der Waals surface area contributed by atoms with Gasteiger partial charge in [-0.3, -0.25) is 9.11 Å². The second-order valence-corrected chi connectivity index (χ2v) is 19.2. The molecule has 252 valence electrons. The van der Waals surface area contributed by atoms with E-state index in [2.05, 4.69) is 77.8 Å². The molecule has 2 N–H and O–H groups in total. The van der Waals surface area contributed by atoms with Gasteiger partial charge in [0, 0.05) is 49.6 Å². The Kier molecular flexibility index (Phi) is 13.8. The molecule has 0 saturated heterocycles. The predicted octanol–water partition coefficient (Wildman–Crippen LogP) is 8.27. The third-order valence-corrected chi connectivity index (χ3v) is 14.4. The number of thiazole rings is 1. The lowest BCUT2D eigenvalue weighted by Gasteiger charge is -2.21. The second-order valence-electron chi connectivity index (χ2n) is 10.6. The van der Waals surface area contributed by atoms with Crippen molar-refractivity contribution in [1.29, 1.82) is 0 Å². The number of rotatable bonds is 16. The van der Waals surface area contributed by atoms with Crippen LogP contribution in [0.1, 0.15) is 37.6 Å². The van der Waals surface area contributed by atoms with Gasteiger partial charge in [0.1, 0.15) is 4.70 Å². The lowest BCUT2D eigenvalue weighted by molar-refractivity contribution is -0.669. The third-order valence-electron chi connectivity index (χ3n) is 7.24. The Morgan fingerprint density at radius 2 is 1.39 bits per heavy atom. The fourth-order valence-electron chi connectivity index (χ4n) is 5.07. The van der Waals surface area contributed by atoms with Gasteiger partial charge in [0.05, 0.1) is 22.2 Å². The van der Waals surface area contributed by atoms with Crippen LogP contribution in [0, 0.1) is 0 Å². The topological polar surface area (TPSA) is 116 Å². The zero-order chi connectivity index (χ0) is 33.6. The van der Waals surface area contributed by atoms with E-state index in [1.54, 1.807) is 70.1 Å². The summed E-state index contributed by atoms with van der Waals surface area (Å²) in [6.45, 7) is 3.31. The van der Waals surface area contributed by atoms with E-state index in [1.807, 2.05) is 0 Å². The van der Waals surface area contributed by atoms with Gasteiger partial charge in [-0.25, -0.2) is 0 Å². The first kappa shape index (κ1) is 38.0. The van der Waals surface area contributed by atoms with E-state index in [1.165, 1.54) is 19.6 Å². The third kappa shape index (κ3) is 10.1. The van der Waals surface area contributed by atoms with Crippen LogP contribution in [0.3, 0.4) is 0 Å². The van der Waals surface area contributed by atoms with Crippen molar-refractivity contribution in [1.82, 2.24) is 0 Å². The standard InChI is InChI=1S/C30H38N2O6S8/c1-20(14-29-31(10-6-8-12-45(33,34)35)21-16-25(39-2)27(41-4)18-23(21)43-29)15-30-32(11-7-9-13-46(36,37)38)22-17-26(40-3)28(42-5)19-24(22)44-30/h14-19H,6-13H2,1-5H3,(H-,33,34,35,36,37,38)/p+1. The summed E-state index contributed by atoms with van der Waals surface area (Å²) in [5.41, 5.74) is 3.24. The molecule has 46 heavy (non-hydrogen) atoms. The molecule has 0 saturated carbocycles. The summed E-state index contributed by atoms with van der Waals surface area (Å²) in [6.07, 6.45) is 14.6. The van der Waals surface area contributed by atoms with Crippen LogP contribution in [0.25, 0.3) is 16.3 Å². The highest BCUT2D eigenvalue weighted by Gasteiger charge is 2.27. The smallest absolute Gasteiger partial charge is 0.264 e. The molecule has 2 aromatic carbocycles. The van der Waals surface area contributed by atoms with Crippen LogP contribution in [0.2, 0.25) is 0 Å². The number of hydrogen-bond donors (Lipinski definition) is 2. The van der Waals surface area contributed by atoms with Gasteiger partial charge in [0.25, 0.3) is 25.2 Å². The van der Waals surface area contributed by atoms with Crippen LogP contribution in [0.4, 0.5) is 5.69 Å². The lowest BCUT2D eigenvalue weighted by atomic mass is 10.2. The molecule has 1 aromatic heterocycles. The van der Waals surface area contributed by atoms with Crippen LogP contribution in [-0.2, 0) is 26.8 Å². The molecule has 0 atom stereocenters. The number of allylic oxidation sites excluding steroid dienone is 2. The largest absolute Gasteiger partial charge is 0.335 e. The number of unbranched alkanes of at least 4 members (excludes halogenated alkanes) is 2. The highest BCUT2D eigenvalue weighted by molar-refractivity contribution is 8.04. The van der Waals surface area contributed by atoms with Crippen molar-refractivity contribution in [3.63, 3.8) is 0 Å². The molecule has 4 rings (SSSR count). The molecule has 3 aromatic rings. The maximum atomic E-state index is 11.3. The van der Waals surface area contributed by atoms with Crippen LogP contribution in [0.5, 0.6) is 0 Å². The van der Waals surface area contributed by atoms with E-state index >= 15 is 0 Å². The van der Waals surface area contributed by atoms with Crippen molar-refractivity contribution >= 4 is 112 Å². The number of hydrogen-bond acceptors (Lipinski definition) is 11. The molecular weight excluding hydrogens is 741 g/mol. The molecule has 0 fully saturated rings. The van der Waals surface area contributed by atoms with E-state index in [0.29, 0.717) is 38.8 Å². The van der Waals surface area contributed by atoms with E-state index in [0.717, 1.165) is 36.4 Å². The van der Waals surface area contributed by atoms with Gasteiger partial charge < -0.3 is 4.90 Å². The SMILES string of the molecule is CSc1cc2c(cc1SC)N(CCCCS(=O)(=O)O)C(=CC(C)=Cc1sc3cc(SC)c(SC)cc3[n+]1CCCCS(=O)(=O)O)S2. The molecule has 0 spiro atoms. The number of thioether (sulfide) groups is 5. The Balaban J connectivity index is 1.72. The zero-order valence-electron chi connectivity index (χ0n) is 26.3. The normalized spacial score (nSPS) is 15.0. The van der Waals surface area contributed by atoms with Crippen molar-refractivity contribution in [2.75, 3.05) is 48.0 Å². The molecule has 1 aliphatic heterocycles. The molecule has 8 nitrogen and oxygen atoms in total. The monoisotopic (exact) mass is 779 g/mol. The van der Waals surface area contributed by atoms with E-state index < -0.39 is 20.2 Å². The van der Waals surface area contributed by atoms with Gasteiger partial charge in [-0.1, -0.05) is 23.1 Å². The fourth-order valence-corrected chi connectivity index (χ4v) is 11.8. The van der Waals surface area contributed by atoms with Crippen molar-refractivity contribution in [2.45, 2.75) is 63.6 Å². The molecule has 0 unspecified atom stereocenters. The quantitative estimate of drug-likeness (QED) is 0.0631. The second kappa shape index (κ2) is 16.7. The minimum atomic E-state index is -4.01. The van der Waals surface area contributed by atoms with Gasteiger partial charge in [0.15, 0.2) is 6.54 Å². The summed E-state index contributed by atoms with van der Waals surface area (Å²) < 4.78 is 67.2. The Hall–Kier alpha value is -0.820. The minimum Gasteiger partial charge on any atom is -0.335 e. The van der Waals surface area contributed by atoms with Crippen molar-refractivity contribution in [3.05, 3.63) is 46.0 Å². The number of aromatic nitrogens is 1. The van der Waals surface area contributed by atoms with E-state index in [4.69, 9.17) is 0 Å². The number of fused-ring (bicyclic) bond motifs is 2. The van der Waals surface area contributed by atoms with Crippen LogP contribution >= 0.6 is 70.1 Å². The van der Waals surface area contributed by atoms with Gasteiger partial charge in [0.2, 0.25) is 5.52 Å². The summed E-state index contributed by atoms with van der Waals surface area (Å²) in [5.74, 6) is -0.514. The lowest BCUT2D eigenvalue weighted by Crippen LogP contribution is -2.35. The van der Waals surface area contributed by atoms with Crippen LogP contribution < -0.4 is 9.47 Å². The number of anilines is 1. The number of nitrogens with zero attached hydrogens (tertiary/aromatic N) is 2. The summed E-state index contributed by atoms with van der Waals surface area (Å²) in [7, 11) is -8.01. The molecule has 1 aliphatic rings. The predicted molar refractivity (Wildman–Crippen MR) is 202 cm³/mol. The fraction of sp³-hybridized carbons (Fsp3) is 0.433. The van der Waals surface area contributed by atoms with Crippen molar-refractivity contribution in [2.24, 2.45) is 0 Å². The van der Waals surface area contributed by atoms with Crippen LogP contribution in [0.15, 0.2) is 65.4 Å². The molecule has 0 radical (unpaired) electrons. The average Bonchev–Trinajstić information content (AvgIpc) is 3.49. The molecular formula is C30H39N2O6S8+. The van der Waals surface area contributed by atoms with E-state index in [-0.39, 0.29) is 11.5 Å². The Morgan fingerprint density at radius 3 is 2.00 bits per heavy atom. The van der Waals surface area contributed by atoms with E-state index in [9.17, 15) is 25.9 Å². The van der Waals surface area contributed by atoms with Gasteiger partial charge >= 0.3 is 0 Å². The molecule has 0 amide bonds. The number of aryl methyl sites for hydroxylation is 1. The number of benzene rings is 2. The summed E-state index contributed by atoms with van der Waals surface area (Å²) >= 11 is 10.2. The Labute approximate surface area is 298 Å². The molecule has 2 heterocycles. The summed E-state index contributed by atoms with van der Waals surface area (Å²) in [6, 6.07) is 8.86. The maximum absolute atomic E-state index is 11.3. The van der Waals surface area contributed by atoms with Gasteiger partial charge in [-0.2, -0.15) is 21.4 Å². The zero-order valence-corrected chi connectivity index (χ0v) is 32.8. The van der Waals surface area contributed by atoms with Gasteiger partial charge in [-0.15, -0.1) is 47.0 Å². The van der Waals surface area contributed by atoms with Crippen LogP contribution in [-0.4, -0.2) is 69.0 Å². The summed E-state index contributed by atoms with van der Waals surface area (Å²) in [5, 5.41) is 2.10. The molecule has 0 bridgehead atoms. The maximum Gasteiger partial charge on any atom is 0.264 e. The highest BCUT2D eigenvalue weighted by atomic mass is 32.2. The van der Waals surface area contributed by atoms with Crippen molar-refractivity contribution < 1.29 is 30.5 Å². The first-order valence-corrected chi connectivity index (χ1v) is 24.1. The first-order chi connectivity index (χ1) is 21.8. The summed E-state index contributed by atoms with van der Waals surface area (Å²) in [4.78, 5) is 8.22. The minimum absolute atomic E-state index is 0.257. The van der Waals surface area contributed by atoms with Gasteiger partial charge in [-0.05, 0) is 81.1 Å². The average molecular weight is 780 g/mol. The Morgan fingerprint density at radius 1 is 0.826 bits per heavy atom. The highest BCUT2D eigenvalue weighted by Crippen LogP contribution is 2.50. The Bertz CT molecular complexity index is 1850. The van der Waals surface area contributed by atoms with Crippen molar-refractivity contribution in [3.8, 4) is 0 Å². The first-order valence-electron chi connectivity index (χ1n) is 14.4. The molecule has 0 aliphatic carbocycles.